The van der Waals surface area contributed by atoms with Crippen LogP contribution in [0.2, 0.25) is 0 Å². The van der Waals surface area contributed by atoms with E-state index in [1.54, 1.807) is 0 Å². The Hall–Kier alpha value is -2.45. The number of sulfonamides is 1. The molecule has 6 nitrogen and oxygen atoms in total. The number of nitrogens with one attached hydrogen (secondary N) is 1. The lowest BCUT2D eigenvalue weighted by Crippen LogP contribution is -2.34. The highest BCUT2D eigenvalue weighted by molar-refractivity contribution is 7.92. The molecule has 0 aliphatic rings. The largest absolute Gasteiger partial charge is 0.326 e. The standard InChI is InChI=1S/C16H14ClFN2O4S/c1-11(21)19-13-4-8-15(9-5-13)25(23,24)20(10-16(17)22)14-6-2-12(18)3-7-14/h2-9H,10H2,1H3,(H,19,21). The van der Waals surface area contributed by atoms with E-state index in [4.69, 9.17) is 11.6 Å². The number of benzene rings is 2. The van der Waals surface area contributed by atoms with Crippen molar-refractivity contribution in [1.29, 1.82) is 0 Å². The quantitative estimate of drug-likeness (QED) is 0.776. The van der Waals surface area contributed by atoms with E-state index in [1.807, 2.05) is 0 Å². The number of carbonyl (C=O) groups is 2. The third-order valence-corrected chi connectivity index (χ3v) is 5.05. The van der Waals surface area contributed by atoms with Gasteiger partial charge < -0.3 is 5.32 Å². The van der Waals surface area contributed by atoms with Gasteiger partial charge in [0.2, 0.25) is 11.1 Å². The molecule has 0 unspecified atom stereocenters. The first-order valence-corrected chi connectivity index (χ1v) is 8.86. The molecule has 0 aromatic heterocycles. The van der Waals surface area contributed by atoms with Crippen LogP contribution in [-0.4, -0.2) is 26.1 Å². The smallest absolute Gasteiger partial charge is 0.264 e. The van der Waals surface area contributed by atoms with Gasteiger partial charge >= 0.3 is 0 Å². The van der Waals surface area contributed by atoms with Crippen molar-refractivity contribution >= 4 is 44.1 Å². The van der Waals surface area contributed by atoms with Crippen LogP contribution < -0.4 is 9.62 Å². The second kappa shape index (κ2) is 7.62. The summed E-state index contributed by atoms with van der Waals surface area (Å²) >= 11 is 5.36. The van der Waals surface area contributed by atoms with E-state index in [2.05, 4.69) is 5.32 Å². The molecule has 0 aliphatic heterocycles. The number of carbonyl (C=O) groups excluding carboxylic acids is 2. The minimum absolute atomic E-state index is 0.0985. The summed E-state index contributed by atoms with van der Waals surface area (Å²) in [6.07, 6.45) is 0. The zero-order valence-electron chi connectivity index (χ0n) is 13.1. The molecule has 1 N–H and O–H groups in total. The Morgan fingerprint density at radius 1 is 1.08 bits per heavy atom. The molecule has 0 fully saturated rings. The summed E-state index contributed by atoms with van der Waals surface area (Å²) < 4.78 is 39.5. The summed E-state index contributed by atoms with van der Waals surface area (Å²) in [4.78, 5) is 22.2. The summed E-state index contributed by atoms with van der Waals surface area (Å²) in [6, 6.07) is 10.0. The summed E-state index contributed by atoms with van der Waals surface area (Å²) in [7, 11) is -4.11. The number of nitrogens with zero attached hydrogens (tertiary/aromatic N) is 1. The monoisotopic (exact) mass is 384 g/mol. The molecule has 0 bridgehead atoms. The van der Waals surface area contributed by atoms with Crippen LogP contribution in [0.4, 0.5) is 15.8 Å². The maximum Gasteiger partial charge on any atom is 0.264 e. The van der Waals surface area contributed by atoms with E-state index < -0.39 is 27.6 Å². The average molecular weight is 385 g/mol. The first-order chi connectivity index (χ1) is 11.7. The van der Waals surface area contributed by atoms with Gasteiger partial charge in [-0.3, -0.25) is 13.9 Å². The fourth-order valence-electron chi connectivity index (χ4n) is 2.08. The van der Waals surface area contributed by atoms with Crippen molar-refractivity contribution in [2.45, 2.75) is 11.8 Å². The Morgan fingerprint density at radius 3 is 2.12 bits per heavy atom. The van der Waals surface area contributed by atoms with Gasteiger partial charge in [-0.1, -0.05) is 0 Å². The second-order valence-corrected chi connectivity index (χ2v) is 7.33. The average Bonchev–Trinajstić information content (AvgIpc) is 2.53. The van der Waals surface area contributed by atoms with Crippen LogP contribution in [-0.2, 0) is 19.6 Å². The molecule has 2 aromatic carbocycles. The van der Waals surface area contributed by atoms with Gasteiger partial charge in [0.25, 0.3) is 10.0 Å². The van der Waals surface area contributed by atoms with E-state index in [9.17, 15) is 22.4 Å². The molecule has 0 spiro atoms. The molecule has 0 heterocycles. The van der Waals surface area contributed by atoms with Gasteiger partial charge in [0.1, 0.15) is 12.4 Å². The van der Waals surface area contributed by atoms with Gasteiger partial charge in [0, 0.05) is 12.6 Å². The van der Waals surface area contributed by atoms with E-state index in [0.717, 1.165) is 16.4 Å². The third-order valence-electron chi connectivity index (χ3n) is 3.15. The number of rotatable bonds is 6. The predicted octanol–water partition coefficient (Wildman–Crippen LogP) is 2.74. The van der Waals surface area contributed by atoms with E-state index in [-0.39, 0.29) is 16.5 Å². The van der Waals surface area contributed by atoms with Crippen LogP contribution in [0.15, 0.2) is 53.4 Å². The van der Waals surface area contributed by atoms with Gasteiger partial charge in [-0.15, -0.1) is 0 Å². The first-order valence-electron chi connectivity index (χ1n) is 7.04. The zero-order valence-corrected chi connectivity index (χ0v) is 14.6. The Kier molecular flexibility index (Phi) is 5.76. The molecule has 0 saturated heterocycles. The summed E-state index contributed by atoms with van der Waals surface area (Å²) in [6.45, 7) is 0.718. The predicted molar refractivity (Wildman–Crippen MR) is 92.5 cm³/mol. The summed E-state index contributed by atoms with van der Waals surface area (Å²) in [5.41, 5.74) is 0.523. The molecular weight excluding hydrogens is 371 g/mol. The molecular formula is C16H14ClFN2O4S. The maximum atomic E-state index is 13.1. The molecule has 0 atom stereocenters. The number of hydrogen-bond acceptors (Lipinski definition) is 4. The van der Waals surface area contributed by atoms with Gasteiger partial charge in [-0.25, -0.2) is 12.8 Å². The van der Waals surface area contributed by atoms with Gasteiger partial charge in [-0.2, -0.15) is 0 Å². The Labute approximate surface area is 149 Å². The topological polar surface area (TPSA) is 83.6 Å². The lowest BCUT2D eigenvalue weighted by Gasteiger charge is -2.23. The molecule has 132 valence electrons. The Morgan fingerprint density at radius 2 is 1.64 bits per heavy atom. The first kappa shape index (κ1) is 18.9. The molecule has 1 amide bonds. The van der Waals surface area contributed by atoms with Crippen LogP contribution in [0.1, 0.15) is 6.92 Å². The van der Waals surface area contributed by atoms with Crippen molar-refractivity contribution in [2.24, 2.45) is 0 Å². The highest BCUT2D eigenvalue weighted by Gasteiger charge is 2.26. The lowest BCUT2D eigenvalue weighted by atomic mass is 10.3. The van der Waals surface area contributed by atoms with Crippen LogP contribution in [0.5, 0.6) is 0 Å². The lowest BCUT2D eigenvalue weighted by molar-refractivity contribution is -0.114. The second-order valence-electron chi connectivity index (χ2n) is 5.05. The maximum absolute atomic E-state index is 13.1. The van der Waals surface area contributed by atoms with Crippen molar-refractivity contribution in [3.05, 3.63) is 54.3 Å². The van der Waals surface area contributed by atoms with E-state index in [0.29, 0.717) is 5.69 Å². The summed E-state index contributed by atoms with van der Waals surface area (Å²) in [5.74, 6) is -0.839. The molecule has 0 saturated carbocycles. The van der Waals surface area contributed by atoms with Gasteiger partial charge in [-0.05, 0) is 60.1 Å². The van der Waals surface area contributed by atoms with Crippen molar-refractivity contribution in [1.82, 2.24) is 0 Å². The molecule has 0 aliphatic carbocycles. The number of amides is 1. The van der Waals surface area contributed by atoms with Crippen molar-refractivity contribution in [3.63, 3.8) is 0 Å². The van der Waals surface area contributed by atoms with Gasteiger partial charge in [0.05, 0.1) is 10.6 Å². The molecule has 2 aromatic rings. The Balaban J connectivity index is 2.42. The summed E-state index contributed by atoms with van der Waals surface area (Å²) in [5, 5.41) is 1.63. The minimum Gasteiger partial charge on any atom is -0.326 e. The van der Waals surface area contributed by atoms with Crippen LogP contribution in [0, 0.1) is 5.82 Å². The van der Waals surface area contributed by atoms with Crippen molar-refractivity contribution < 1.29 is 22.4 Å². The van der Waals surface area contributed by atoms with E-state index in [1.165, 1.54) is 43.3 Å². The number of hydrogen-bond donors (Lipinski definition) is 1. The van der Waals surface area contributed by atoms with E-state index >= 15 is 0 Å². The SMILES string of the molecule is CC(=O)Nc1ccc(S(=O)(=O)N(CC(=O)Cl)c2ccc(F)cc2)cc1. The molecule has 9 heteroatoms. The molecule has 0 radical (unpaired) electrons. The van der Waals surface area contributed by atoms with Crippen molar-refractivity contribution in [3.8, 4) is 0 Å². The highest BCUT2D eigenvalue weighted by atomic mass is 35.5. The number of halogens is 2. The van der Waals surface area contributed by atoms with Gasteiger partial charge in [0.15, 0.2) is 0 Å². The fraction of sp³-hybridized carbons (Fsp3) is 0.125. The zero-order chi connectivity index (χ0) is 18.6. The normalized spacial score (nSPS) is 11.0. The molecule has 25 heavy (non-hydrogen) atoms. The van der Waals surface area contributed by atoms with Crippen molar-refractivity contribution in [2.75, 3.05) is 16.2 Å². The highest BCUT2D eigenvalue weighted by Crippen LogP contribution is 2.25. The van der Waals surface area contributed by atoms with Crippen LogP contribution in [0.3, 0.4) is 0 Å². The molecule has 2 rings (SSSR count). The fourth-order valence-corrected chi connectivity index (χ4v) is 3.69. The minimum atomic E-state index is -4.11. The third kappa shape index (κ3) is 4.77. The Bertz CT molecular complexity index is 883. The van der Waals surface area contributed by atoms with Crippen LogP contribution >= 0.6 is 11.6 Å². The number of anilines is 2. The van der Waals surface area contributed by atoms with Crippen LogP contribution in [0.25, 0.3) is 0 Å².